The molecular formula is C14H14F6O3. The highest BCUT2D eigenvalue weighted by atomic mass is 19.4. The molecule has 0 aromatic heterocycles. The number of rotatable bonds is 6. The number of carboxylic acid groups (broad SMARTS) is 1. The van der Waals surface area contributed by atoms with E-state index >= 15 is 0 Å². The van der Waals surface area contributed by atoms with Crippen LogP contribution in [0.3, 0.4) is 0 Å². The Hall–Kier alpha value is -1.93. The molecule has 1 unspecified atom stereocenters. The third kappa shape index (κ3) is 5.65. The van der Waals surface area contributed by atoms with E-state index in [2.05, 4.69) is 0 Å². The highest BCUT2D eigenvalue weighted by Crippen LogP contribution is 2.38. The van der Waals surface area contributed by atoms with E-state index < -0.39 is 41.1 Å². The van der Waals surface area contributed by atoms with Gasteiger partial charge < -0.3 is 9.84 Å². The van der Waals surface area contributed by atoms with Gasteiger partial charge in [0.15, 0.2) is 0 Å². The average molecular weight is 344 g/mol. The SMILES string of the molecule is CCC(CCOc1cc(C(F)(F)F)cc(C(F)(F)F)c1)C(=O)O. The molecule has 1 aromatic carbocycles. The quantitative estimate of drug-likeness (QED) is 0.767. The molecule has 0 amide bonds. The molecule has 1 rings (SSSR count). The number of alkyl halides is 6. The second-order valence-electron chi connectivity index (χ2n) is 4.82. The lowest BCUT2D eigenvalue weighted by Crippen LogP contribution is -2.16. The van der Waals surface area contributed by atoms with Crippen LogP contribution in [0.15, 0.2) is 18.2 Å². The normalized spacial score (nSPS) is 13.7. The largest absolute Gasteiger partial charge is 0.494 e. The molecule has 0 fully saturated rings. The van der Waals surface area contributed by atoms with E-state index in [9.17, 15) is 31.1 Å². The smallest absolute Gasteiger partial charge is 0.416 e. The van der Waals surface area contributed by atoms with Crippen molar-refractivity contribution in [1.82, 2.24) is 0 Å². The van der Waals surface area contributed by atoms with E-state index in [-0.39, 0.29) is 25.5 Å². The van der Waals surface area contributed by atoms with Gasteiger partial charge in [0.2, 0.25) is 0 Å². The number of carbonyl (C=O) groups is 1. The predicted molar refractivity (Wildman–Crippen MR) is 68.0 cm³/mol. The minimum absolute atomic E-state index is 0.00104. The molecular weight excluding hydrogens is 330 g/mol. The van der Waals surface area contributed by atoms with Crippen LogP contribution in [0.5, 0.6) is 5.75 Å². The van der Waals surface area contributed by atoms with Crippen LogP contribution >= 0.6 is 0 Å². The Morgan fingerprint density at radius 3 is 1.91 bits per heavy atom. The van der Waals surface area contributed by atoms with Gasteiger partial charge in [-0.1, -0.05) is 6.92 Å². The highest BCUT2D eigenvalue weighted by molar-refractivity contribution is 5.69. The zero-order valence-corrected chi connectivity index (χ0v) is 12.0. The summed E-state index contributed by atoms with van der Waals surface area (Å²) < 4.78 is 80.8. The zero-order valence-electron chi connectivity index (χ0n) is 12.0. The Labute approximate surface area is 127 Å². The lowest BCUT2D eigenvalue weighted by molar-refractivity contribution is -0.143. The fourth-order valence-corrected chi connectivity index (χ4v) is 1.83. The summed E-state index contributed by atoms with van der Waals surface area (Å²) in [5.41, 5.74) is -2.96. The van der Waals surface area contributed by atoms with Gasteiger partial charge in [-0.15, -0.1) is 0 Å². The number of benzene rings is 1. The average Bonchev–Trinajstić information content (AvgIpc) is 2.41. The maximum atomic E-state index is 12.6. The molecule has 0 bridgehead atoms. The van der Waals surface area contributed by atoms with Crippen molar-refractivity contribution < 1.29 is 41.0 Å². The van der Waals surface area contributed by atoms with Crippen molar-refractivity contribution in [3.8, 4) is 5.75 Å². The van der Waals surface area contributed by atoms with E-state index in [1.54, 1.807) is 6.92 Å². The third-order valence-corrected chi connectivity index (χ3v) is 3.14. The van der Waals surface area contributed by atoms with Crippen molar-refractivity contribution in [3.05, 3.63) is 29.3 Å². The molecule has 0 heterocycles. The summed E-state index contributed by atoms with van der Waals surface area (Å²) in [6.07, 6.45) is -9.66. The van der Waals surface area contributed by atoms with Gasteiger partial charge in [-0.3, -0.25) is 4.79 Å². The summed E-state index contributed by atoms with van der Waals surface area (Å²) in [6.45, 7) is 1.30. The topological polar surface area (TPSA) is 46.5 Å². The van der Waals surface area contributed by atoms with Crippen molar-refractivity contribution in [2.75, 3.05) is 6.61 Å². The molecule has 3 nitrogen and oxygen atoms in total. The maximum absolute atomic E-state index is 12.6. The van der Waals surface area contributed by atoms with Gasteiger partial charge in [0.1, 0.15) is 5.75 Å². The molecule has 1 N–H and O–H groups in total. The minimum Gasteiger partial charge on any atom is -0.494 e. The predicted octanol–water partition coefficient (Wildman–Crippen LogP) is 4.60. The van der Waals surface area contributed by atoms with Gasteiger partial charge in [0.25, 0.3) is 0 Å². The minimum atomic E-state index is -4.95. The molecule has 0 saturated carbocycles. The monoisotopic (exact) mass is 344 g/mol. The van der Waals surface area contributed by atoms with E-state index in [4.69, 9.17) is 9.84 Å². The Bertz CT molecular complexity index is 518. The summed E-state index contributed by atoms with van der Waals surface area (Å²) in [4.78, 5) is 10.8. The first-order valence-corrected chi connectivity index (χ1v) is 6.60. The number of ether oxygens (including phenoxy) is 1. The second kappa shape index (κ2) is 7.10. The van der Waals surface area contributed by atoms with Crippen LogP contribution in [0.25, 0.3) is 0 Å². The van der Waals surface area contributed by atoms with Crippen LogP contribution in [0.4, 0.5) is 26.3 Å². The summed E-state index contributed by atoms with van der Waals surface area (Å²) in [5.74, 6) is -2.48. The summed E-state index contributed by atoms with van der Waals surface area (Å²) in [5, 5.41) is 8.82. The number of hydrogen-bond donors (Lipinski definition) is 1. The fraction of sp³-hybridized carbons (Fsp3) is 0.500. The molecule has 0 radical (unpaired) electrons. The van der Waals surface area contributed by atoms with Crippen LogP contribution in [0, 0.1) is 5.92 Å². The van der Waals surface area contributed by atoms with E-state index in [0.29, 0.717) is 12.1 Å². The molecule has 9 heteroatoms. The first kappa shape index (κ1) is 19.1. The van der Waals surface area contributed by atoms with Crippen molar-refractivity contribution in [3.63, 3.8) is 0 Å². The molecule has 0 aliphatic heterocycles. The molecule has 0 spiro atoms. The van der Waals surface area contributed by atoms with E-state index in [0.717, 1.165) is 0 Å². The van der Waals surface area contributed by atoms with Crippen molar-refractivity contribution in [2.24, 2.45) is 5.92 Å². The lowest BCUT2D eigenvalue weighted by atomic mass is 10.0. The molecule has 0 aliphatic carbocycles. The van der Waals surface area contributed by atoms with Gasteiger partial charge in [0, 0.05) is 0 Å². The number of aliphatic carboxylic acids is 1. The maximum Gasteiger partial charge on any atom is 0.416 e. The van der Waals surface area contributed by atoms with E-state index in [1.165, 1.54) is 0 Å². The number of carboxylic acids is 1. The summed E-state index contributed by atoms with van der Waals surface area (Å²) in [6, 6.07) is 0.910. The molecule has 0 saturated heterocycles. The second-order valence-corrected chi connectivity index (χ2v) is 4.82. The van der Waals surface area contributed by atoms with Crippen LogP contribution in [-0.4, -0.2) is 17.7 Å². The third-order valence-electron chi connectivity index (χ3n) is 3.14. The molecule has 23 heavy (non-hydrogen) atoms. The Morgan fingerprint density at radius 1 is 1.09 bits per heavy atom. The van der Waals surface area contributed by atoms with Crippen molar-refractivity contribution >= 4 is 5.97 Å². The summed E-state index contributed by atoms with van der Waals surface area (Å²) >= 11 is 0. The van der Waals surface area contributed by atoms with Gasteiger partial charge in [-0.2, -0.15) is 26.3 Å². The molecule has 1 atom stereocenters. The first-order valence-electron chi connectivity index (χ1n) is 6.60. The van der Waals surface area contributed by atoms with Crippen molar-refractivity contribution in [2.45, 2.75) is 32.1 Å². The standard InChI is InChI=1S/C14H14F6O3/c1-2-8(12(21)22)3-4-23-11-6-9(13(15,16)17)5-10(7-11)14(18,19)20/h5-8H,2-4H2,1H3,(H,21,22). The fourth-order valence-electron chi connectivity index (χ4n) is 1.83. The number of halogens is 6. The summed E-state index contributed by atoms with van der Waals surface area (Å²) in [7, 11) is 0. The van der Waals surface area contributed by atoms with Crippen molar-refractivity contribution in [1.29, 1.82) is 0 Å². The Morgan fingerprint density at radius 2 is 1.57 bits per heavy atom. The first-order chi connectivity index (χ1) is 10.4. The lowest BCUT2D eigenvalue weighted by Gasteiger charge is -2.15. The van der Waals surface area contributed by atoms with Crippen LogP contribution in [0.2, 0.25) is 0 Å². The Kier molecular flexibility index (Phi) is 5.90. The van der Waals surface area contributed by atoms with Gasteiger partial charge in [-0.25, -0.2) is 0 Å². The van der Waals surface area contributed by atoms with Gasteiger partial charge in [-0.05, 0) is 31.0 Å². The number of hydrogen-bond acceptors (Lipinski definition) is 2. The van der Waals surface area contributed by atoms with Crippen LogP contribution in [0.1, 0.15) is 30.9 Å². The van der Waals surface area contributed by atoms with Gasteiger partial charge in [0.05, 0.1) is 23.7 Å². The zero-order chi connectivity index (χ0) is 17.8. The molecule has 130 valence electrons. The van der Waals surface area contributed by atoms with Crippen LogP contribution < -0.4 is 4.74 Å². The van der Waals surface area contributed by atoms with E-state index in [1.807, 2.05) is 0 Å². The van der Waals surface area contributed by atoms with Gasteiger partial charge >= 0.3 is 18.3 Å². The molecule has 1 aromatic rings. The van der Waals surface area contributed by atoms with Crippen LogP contribution in [-0.2, 0) is 17.1 Å². The molecule has 0 aliphatic rings. The highest BCUT2D eigenvalue weighted by Gasteiger charge is 2.37. The Balaban J connectivity index is 2.96.